The first-order valence-electron chi connectivity index (χ1n) is 11.2. The Morgan fingerprint density at radius 2 is 1.87 bits per heavy atom. The van der Waals surface area contributed by atoms with E-state index in [9.17, 15) is 14.4 Å². The van der Waals surface area contributed by atoms with Crippen LogP contribution in [0.25, 0.3) is 0 Å². The highest BCUT2D eigenvalue weighted by molar-refractivity contribution is 6.05. The van der Waals surface area contributed by atoms with Crippen LogP contribution in [0, 0.1) is 5.92 Å². The molecule has 30 heavy (non-hydrogen) atoms. The predicted molar refractivity (Wildman–Crippen MR) is 111 cm³/mol. The Kier molecular flexibility index (Phi) is 5.11. The van der Waals surface area contributed by atoms with Gasteiger partial charge in [-0.25, -0.2) is 0 Å². The fourth-order valence-corrected chi connectivity index (χ4v) is 5.84. The van der Waals surface area contributed by atoms with Crippen molar-refractivity contribution in [2.45, 2.75) is 69.7 Å². The van der Waals surface area contributed by atoms with E-state index in [0.29, 0.717) is 30.6 Å². The van der Waals surface area contributed by atoms with Gasteiger partial charge in [-0.3, -0.25) is 19.7 Å². The number of nitrogens with zero attached hydrogens (tertiary/aromatic N) is 2. The minimum absolute atomic E-state index is 0.0982. The van der Waals surface area contributed by atoms with Gasteiger partial charge in [0.2, 0.25) is 11.8 Å². The lowest BCUT2D eigenvalue weighted by Gasteiger charge is -2.32. The van der Waals surface area contributed by atoms with E-state index in [0.717, 1.165) is 30.1 Å². The summed E-state index contributed by atoms with van der Waals surface area (Å²) in [6.45, 7) is 2.34. The first-order chi connectivity index (χ1) is 14.5. The van der Waals surface area contributed by atoms with Gasteiger partial charge in [0.1, 0.15) is 6.04 Å². The average molecular weight is 411 g/mol. The number of nitrogens with one attached hydrogen (secondary N) is 2. The van der Waals surface area contributed by atoms with E-state index in [1.807, 2.05) is 12.1 Å². The first kappa shape index (κ1) is 19.7. The Morgan fingerprint density at radius 1 is 1.10 bits per heavy atom. The van der Waals surface area contributed by atoms with Gasteiger partial charge in [-0.1, -0.05) is 12.1 Å². The van der Waals surface area contributed by atoms with Gasteiger partial charge < -0.3 is 15.1 Å². The highest BCUT2D eigenvalue weighted by Crippen LogP contribution is 2.32. The van der Waals surface area contributed by atoms with Gasteiger partial charge in [-0.15, -0.1) is 0 Å². The molecule has 160 valence electrons. The molecule has 0 aromatic heterocycles. The lowest BCUT2D eigenvalue weighted by molar-refractivity contribution is -0.136. The monoisotopic (exact) mass is 410 g/mol. The number of amides is 3. The number of piperidine rings is 2. The van der Waals surface area contributed by atoms with Crippen molar-refractivity contribution in [2.24, 2.45) is 5.92 Å². The largest absolute Gasteiger partial charge is 0.322 e. The fraction of sp³-hybridized carbons (Fsp3) is 0.609. The molecule has 3 amide bonds. The number of fused-ring (bicyclic) bond motifs is 3. The quantitative estimate of drug-likeness (QED) is 0.718. The SMILES string of the molecule is CN(Cc1ccc2c(c1)C(=O)N(C1CCC(=O)NC1=O)C2)CC1C[C@H]2CC[C@@H](C1)N2. The Bertz CT molecular complexity index is 873. The second-order valence-electron chi connectivity index (χ2n) is 9.56. The van der Waals surface area contributed by atoms with Crippen LogP contribution in [0.2, 0.25) is 0 Å². The maximum absolute atomic E-state index is 13.0. The zero-order valence-electron chi connectivity index (χ0n) is 17.5. The van der Waals surface area contributed by atoms with Gasteiger partial charge in [0, 0.05) is 43.7 Å². The number of imide groups is 1. The summed E-state index contributed by atoms with van der Waals surface area (Å²) in [6, 6.07) is 6.97. The van der Waals surface area contributed by atoms with E-state index in [1.54, 1.807) is 4.90 Å². The molecular formula is C23H30N4O3. The second-order valence-corrected chi connectivity index (χ2v) is 9.56. The number of hydrogen-bond acceptors (Lipinski definition) is 5. The van der Waals surface area contributed by atoms with Crippen molar-refractivity contribution in [3.63, 3.8) is 0 Å². The Hall–Kier alpha value is -2.25. The highest BCUT2D eigenvalue weighted by Gasteiger charge is 2.39. The van der Waals surface area contributed by atoms with Crippen LogP contribution in [0.4, 0.5) is 0 Å². The molecule has 5 rings (SSSR count). The van der Waals surface area contributed by atoms with Crippen molar-refractivity contribution in [1.82, 2.24) is 20.4 Å². The molecule has 2 N–H and O–H groups in total. The van der Waals surface area contributed by atoms with Gasteiger partial charge in [0.15, 0.2) is 0 Å². The van der Waals surface area contributed by atoms with Gasteiger partial charge in [0.25, 0.3) is 5.91 Å². The van der Waals surface area contributed by atoms with E-state index >= 15 is 0 Å². The molecule has 4 atom stereocenters. The molecular weight excluding hydrogens is 380 g/mol. The average Bonchev–Trinajstić information content (AvgIpc) is 3.21. The van der Waals surface area contributed by atoms with Crippen LogP contribution >= 0.6 is 0 Å². The molecule has 0 aliphatic carbocycles. The lowest BCUT2D eigenvalue weighted by Crippen LogP contribution is -2.52. The van der Waals surface area contributed by atoms with Crippen LogP contribution in [0.3, 0.4) is 0 Å². The lowest BCUT2D eigenvalue weighted by atomic mass is 9.92. The van der Waals surface area contributed by atoms with Crippen LogP contribution in [0.1, 0.15) is 60.0 Å². The molecule has 7 nitrogen and oxygen atoms in total. The number of benzene rings is 1. The first-order valence-corrected chi connectivity index (χ1v) is 11.2. The van der Waals surface area contributed by atoms with E-state index in [1.165, 1.54) is 25.7 Å². The van der Waals surface area contributed by atoms with Crippen molar-refractivity contribution in [2.75, 3.05) is 13.6 Å². The summed E-state index contributed by atoms with van der Waals surface area (Å²) in [7, 11) is 2.16. The van der Waals surface area contributed by atoms with E-state index in [2.05, 4.69) is 28.6 Å². The topological polar surface area (TPSA) is 81.8 Å². The van der Waals surface area contributed by atoms with E-state index in [-0.39, 0.29) is 24.1 Å². The Morgan fingerprint density at radius 3 is 2.60 bits per heavy atom. The number of carbonyl (C=O) groups excluding carboxylic acids is 3. The molecule has 1 aromatic rings. The zero-order valence-corrected chi connectivity index (χ0v) is 17.5. The summed E-state index contributed by atoms with van der Waals surface area (Å²) in [5.74, 6) is 0.0301. The van der Waals surface area contributed by atoms with Crippen molar-refractivity contribution in [1.29, 1.82) is 0 Å². The van der Waals surface area contributed by atoms with Crippen molar-refractivity contribution in [3.8, 4) is 0 Å². The van der Waals surface area contributed by atoms with Gasteiger partial charge in [0.05, 0.1) is 0 Å². The molecule has 0 saturated carbocycles. The number of rotatable bonds is 5. The highest BCUT2D eigenvalue weighted by atomic mass is 16.2. The third-order valence-electron chi connectivity index (χ3n) is 7.19. The van der Waals surface area contributed by atoms with Gasteiger partial charge >= 0.3 is 0 Å². The van der Waals surface area contributed by atoms with Crippen molar-refractivity contribution < 1.29 is 14.4 Å². The number of hydrogen-bond donors (Lipinski definition) is 2. The zero-order chi connectivity index (χ0) is 20.8. The van der Waals surface area contributed by atoms with Crippen LogP contribution < -0.4 is 10.6 Å². The predicted octanol–water partition coefficient (Wildman–Crippen LogP) is 1.41. The minimum atomic E-state index is -0.552. The fourth-order valence-electron chi connectivity index (χ4n) is 5.84. The molecule has 0 radical (unpaired) electrons. The summed E-state index contributed by atoms with van der Waals surface area (Å²) in [6.07, 6.45) is 5.86. The Balaban J connectivity index is 1.22. The summed E-state index contributed by atoms with van der Waals surface area (Å²) >= 11 is 0. The van der Waals surface area contributed by atoms with Crippen LogP contribution in [0.5, 0.6) is 0 Å². The standard InChI is InChI=1S/C23H30N4O3/c1-26(12-15-8-17-4-5-18(9-15)24-17)11-14-2-3-16-13-27(23(30)19(16)10-14)20-6-7-21(28)25-22(20)29/h2-3,10,15,17-18,20,24H,4-9,11-13H2,1H3,(H,25,28,29)/t15?,17-,18+,20?. The van der Waals surface area contributed by atoms with Crippen LogP contribution in [0.15, 0.2) is 18.2 Å². The molecule has 1 aromatic carbocycles. The van der Waals surface area contributed by atoms with E-state index < -0.39 is 6.04 Å². The molecule has 3 saturated heterocycles. The summed E-state index contributed by atoms with van der Waals surface area (Å²) < 4.78 is 0. The second kappa shape index (κ2) is 7.78. The number of carbonyl (C=O) groups is 3. The minimum Gasteiger partial charge on any atom is -0.322 e. The van der Waals surface area contributed by atoms with Gasteiger partial charge in [-0.05, 0) is 62.3 Å². The molecule has 4 aliphatic heterocycles. The maximum atomic E-state index is 13.0. The molecule has 2 bridgehead atoms. The third-order valence-corrected chi connectivity index (χ3v) is 7.19. The Labute approximate surface area is 177 Å². The molecule has 4 heterocycles. The summed E-state index contributed by atoms with van der Waals surface area (Å²) in [4.78, 5) is 40.6. The van der Waals surface area contributed by atoms with Crippen molar-refractivity contribution in [3.05, 3.63) is 34.9 Å². The maximum Gasteiger partial charge on any atom is 0.255 e. The van der Waals surface area contributed by atoms with Crippen LogP contribution in [-0.2, 0) is 22.7 Å². The third kappa shape index (κ3) is 3.76. The van der Waals surface area contributed by atoms with Crippen molar-refractivity contribution >= 4 is 17.7 Å². The summed E-state index contributed by atoms with van der Waals surface area (Å²) in [5.41, 5.74) is 2.79. The van der Waals surface area contributed by atoms with Crippen LogP contribution in [-0.4, -0.2) is 59.2 Å². The summed E-state index contributed by atoms with van der Waals surface area (Å²) in [5, 5.41) is 6.06. The molecule has 4 aliphatic rings. The molecule has 2 unspecified atom stereocenters. The molecule has 0 spiro atoms. The smallest absolute Gasteiger partial charge is 0.255 e. The normalized spacial score (nSPS) is 30.7. The molecule has 3 fully saturated rings. The van der Waals surface area contributed by atoms with E-state index in [4.69, 9.17) is 0 Å². The molecule has 7 heteroatoms. The van der Waals surface area contributed by atoms with Gasteiger partial charge in [-0.2, -0.15) is 0 Å².